The molecular formula is C9H12NNaO2S. The molecule has 1 aromatic carbocycles. The van der Waals surface area contributed by atoms with Crippen molar-refractivity contribution in [2.24, 2.45) is 0 Å². The monoisotopic (exact) mass is 221 g/mol. The third-order valence-electron chi connectivity index (χ3n) is 1.61. The van der Waals surface area contributed by atoms with Gasteiger partial charge >= 0.3 is 29.6 Å². The van der Waals surface area contributed by atoms with E-state index in [1.165, 1.54) is 0 Å². The minimum Gasteiger partial charge on any atom is -0.768 e. The van der Waals surface area contributed by atoms with Crippen LogP contribution in [0.1, 0.15) is 5.56 Å². The van der Waals surface area contributed by atoms with Crippen LogP contribution in [-0.2, 0) is 17.6 Å². The van der Waals surface area contributed by atoms with Gasteiger partial charge in [0.05, 0.1) is 0 Å². The fraction of sp³-hybridized carbons (Fsp3) is 0.333. The summed E-state index contributed by atoms with van der Waals surface area (Å²) in [4.78, 5) is 2.37. The number of benzene rings is 1. The molecule has 1 rings (SSSR count). The molecule has 0 aliphatic carbocycles. The molecule has 0 aromatic heterocycles. The van der Waals surface area contributed by atoms with Crippen LogP contribution in [0.2, 0.25) is 0 Å². The van der Waals surface area contributed by atoms with Crippen LogP contribution in [0.4, 0.5) is 0 Å². The summed E-state index contributed by atoms with van der Waals surface area (Å²) in [5.41, 5.74) is 1.11. The van der Waals surface area contributed by atoms with Gasteiger partial charge in [0.25, 0.3) is 0 Å². The Labute approximate surface area is 109 Å². The Hall–Kier alpha value is 0.290. The van der Waals surface area contributed by atoms with Gasteiger partial charge in [-0.2, -0.15) is 0 Å². The van der Waals surface area contributed by atoms with Crippen molar-refractivity contribution in [3.05, 3.63) is 29.8 Å². The number of rotatable bonds is 3. The van der Waals surface area contributed by atoms with E-state index in [2.05, 4.69) is 0 Å². The molecule has 0 N–H and O–H groups in total. The summed E-state index contributed by atoms with van der Waals surface area (Å²) in [5.74, 6) is 0. The first kappa shape index (κ1) is 14.3. The molecule has 14 heavy (non-hydrogen) atoms. The third kappa shape index (κ3) is 4.68. The molecule has 0 radical (unpaired) electrons. The molecule has 0 saturated carbocycles. The van der Waals surface area contributed by atoms with Crippen LogP contribution in [0.5, 0.6) is 0 Å². The maximum absolute atomic E-state index is 10.5. The Kier molecular flexibility index (Phi) is 6.85. The first-order valence-electron chi connectivity index (χ1n) is 3.92. The third-order valence-corrected chi connectivity index (χ3v) is 2.27. The summed E-state index contributed by atoms with van der Waals surface area (Å²) >= 11 is -2.11. The summed E-state index contributed by atoms with van der Waals surface area (Å²) < 4.78 is 21.0. The van der Waals surface area contributed by atoms with Gasteiger partial charge in [0, 0.05) is 11.4 Å². The van der Waals surface area contributed by atoms with E-state index < -0.39 is 11.1 Å². The Morgan fingerprint density at radius 1 is 1.29 bits per heavy atom. The van der Waals surface area contributed by atoms with E-state index in [0.717, 1.165) is 12.1 Å². The van der Waals surface area contributed by atoms with Gasteiger partial charge in [-0.05, 0) is 42.9 Å². The standard InChI is InChI=1S/C9H13NO2S.Na/c1-10(2)7-8-3-5-9(6-4-8)13(11)12;/h3-6H,7H2,1-2H3,(H,11,12);/q;+1/p-1. The van der Waals surface area contributed by atoms with Gasteiger partial charge in [-0.1, -0.05) is 12.1 Å². The average Bonchev–Trinajstić information content (AvgIpc) is 2.04. The van der Waals surface area contributed by atoms with E-state index in [4.69, 9.17) is 0 Å². The number of hydrogen-bond acceptors (Lipinski definition) is 3. The van der Waals surface area contributed by atoms with Crippen molar-refractivity contribution in [3.63, 3.8) is 0 Å². The summed E-state index contributed by atoms with van der Waals surface area (Å²) in [6, 6.07) is 6.88. The summed E-state index contributed by atoms with van der Waals surface area (Å²) in [6.07, 6.45) is 0. The topological polar surface area (TPSA) is 43.4 Å². The van der Waals surface area contributed by atoms with E-state index in [1.54, 1.807) is 12.1 Å². The van der Waals surface area contributed by atoms with Crippen molar-refractivity contribution in [2.75, 3.05) is 14.1 Å². The van der Waals surface area contributed by atoms with Crippen molar-refractivity contribution in [1.29, 1.82) is 0 Å². The molecule has 1 aromatic rings. The average molecular weight is 221 g/mol. The second-order valence-electron chi connectivity index (χ2n) is 3.12. The molecule has 0 spiro atoms. The second kappa shape index (κ2) is 6.71. The number of hydrogen-bond donors (Lipinski definition) is 0. The molecule has 3 nitrogen and oxygen atoms in total. The predicted octanol–water partition coefficient (Wildman–Crippen LogP) is -2.01. The van der Waals surface area contributed by atoms with Crippen molar-refractivity contribution in [3.8, 4) is 0 Å². The second-order valence-corrected chi connectivity index (χ2v) is 4.06. The van der Waals surface area contributed by atoms with E-state index in [1.807, 2.05) is 31.1 Å². The van der Waals surface area contributed by atoms with Gasteiger partial charge in [-0.25, -0.2) is 0 Å². The zero-order valence-corrected chi connectivity index (χ0v) is 11.5. The van der Waals surface area contributed by atoms with Crippen LogP contribution in [-0.4, -0.2) is 27.8 Å². The van der Waals surface area contributed by atoms with Crippen molar-refractivity contribution < 1.29 is 38.3 Å². The molecule has 0 amide bonds. The normalized spacial score (nSPS) is 12.3. The van der Waals surface area contributed by atoms with Crippen LogP contribution in [0.15, 0.2) is 29.2 Å². The molecule has 0 bridgehead atoms. The molecule has 72 valence electrons. The summed E-state index contributed by atoms with van der Waals surface area (Å²) in [5, 5.41) is 0. The van der Waals surface area contributed by atoms with Gasteiger partial charge in [-0.15, -0.1) is 0 Å². The molecule has 0 saturated heterocycles. The predicted molar refractivity (Wildman–Crippen MR) is 51.0 cm³/mol. The zero-order valence-electron chi connectivity index (χ0n) is 8.69. The molecule has 0 aliphatic rings. The first-order chi connectivity index (χ1) is 6.09. The molecule has 0 heterocycles. The van der Waals surface area contributed by atoms with Crippen LogP contribution < -0.4 is 29.6 Å². The van der Waals surface area contributed by atoms with Gasteiger partial charge in [-0.3, -0.25) is 4.21 Å². The van der Waals surface area contributed by atoms with E-state index in [0.29, 0.717) is 4.90 Å². The van der Waals surface area contributed by atoms with E-state index >= 15 is 0 Å². The summed E-state index contributed by atoms with van der Waals surface area (Å²) in [6.45, 7) is 0.825. The smallest absolute Gasteiger partial charge is 0.768 e. The maximum atomic E-state index is 10.5. The largest absolute Gasteiger partial charge is 1.00 e. The minimum absolute atomic E-state index is 0. The van der Waals surface area contributed by atoms with E-state index in [-0.39, 0.29) is 29.6 Å². The molecule has 5 heteroatoms. The van der Waals surface area contributed by atoms with Crippen LogP contribution >= 0.6 is 0 Å². The molecule has 0 fully saturated rings. The van der Waals surface area contributed by atoms with Crippen molar-refractivity contribution >= 4 is 11.1 Å². The minimum atomic E-state index is -2.11. The van der Waals surface area contributed by atoms with Gasteiger partial charge in [0.2, 0.25) is 0 Å². The number of nitrogens with zero attached hydrogens (tertiary/aromatic N) is 1. The van der Waals surface area contributed by atoms with Crippen molar-refractivity contribution in [1.82, 2.24) is 4.90 Å². The Balaban J connectivity index is 0.00000169. The quantitative estimate of drug-likeness (QED) is 0.437. The Morgan fingerprint density at radius 3 is 2.14 bits per heavy atom. The summed E-state index contributed by atoms with van der Waals surface area (Å²) in [7, 11) is 3.94. The Morgan fingerprint density at radius 2 is 1.79 bits per heavy atom. The van der Waals surface area contributed by atoms with Gasteiger partial charge in [0.1, 0.15) is 0 Å². The molecular weight excluding hydrogens is 209 g/mol. The zero-order chi connectivity index (χ0) is 9.84. The Bertz CT molecular complexity index is 300. The fourth-order valence-electron chi connectivity index (χ4n) is 1.07. The van der Waals surface area contributed by atoms with Gasteiger partial charge < -0.3 is 9.45 Å². The SMILES string of the molecule is CN(C)Cc1ccc(S(=O)[O-])cc1.[Na+]. The molecule has 0 aliphatic heterocycles. The van der Waals surface area contributed by atoms with Crippen LogP contribution in [0.3, 0.4) is 0 Å². The van der Waals surface area contributed by atoms with Crippen LogP contribution in [0.25, 0.3) is 0 Å². The van der Waals surface area contributed by atoms with Crippen molar-refractivity contribution in [2.45, 2.75) is 11.4 Å². The van der Waals surface area contributed by atoms with Gasteiger partial charge in [0.15, 0.2) is 0 Å². The molecule has 1 atom stereocenters. The maximum Gasteiger partial charge on any atom is 1.00 e. The van der Waals surface area contributed by atoms with Crippen LogP contribution in [0, 0.1) is 0 Å². The fourth-order valence-corrected chi connectivity index (χ4v) is 1.43. The molecule has 1 unspecified atom stereocenters. The van der Waals surface area contributed by atoms with E-state index in [9.17, 15) is 8.76 Å². The first-order valence-corrected chi connectivity index (χ1v) is 5.00.